The number of nitrogens with one attached hydrogen (secondary N) is 1. The molecule has 0 fully saturated rings. The van der Waals surface area contributed by atoms with Crippen LogP contribution in [0.3, 0.4) is 0 Å². The molecule has 0 aromatic carbocycles. The van der Waals surface area contributed by atoms with Crippen LogP contribution in [0, 0.1) is 0 Å². The van der Waals surface area contributed by atoms with Gasteiger partial charge in [-0.3, -0.25) is 4.72 Å². The van der Waals surface area contributed by atoms with Crippen molar-refractivity contribution in [3.63, 3.8) is 0 Å². The number of carbonyl (C=O) groups is 1. The molecular formula is C10H7BrN2O4S2. The molecule has 2 aromatic rings. The van der Waals surface area contributed by atoms with Crippen molar-refractivity contribution in [2.75, 3.05) is 4.72 Å². The summed E-state index contributed by atoms with van der Waals surface area (Å²) >= 11 is 3.96. The first-order chi connectivity index (χ1) is 8.90. The third-order valence-corrected chi connectivity index (χ3v) is 5.53. The summed E-state index contributed by atoms with van der Waals surface area (Å²) in [6.07, 6.45) is 1.51. The van der Waals surface area contributed by atoms with Crippen molar-refractivity contribution in [1.82, 2.24) is 4.98 Å². The summed E-state index contributed by atoms with van der Waals surface area (Å²) in [7, 11) is -3.81. The first-order valence-electron chi connectivity index (χ1n) is 4.85. The molecule has 19 heavy (non-hydrogen) atoms. The average molecular weight is 363 g/mol. The molecule has 0 atom stereocenters. The maximum Gasteiger partial charge on any atom is 0.336 e. The number of carboxylic acids is 1. The van der Waals surface area contributed by atoms with Gasteiger partial charge < -0.3 is 5.11 Å². The summed E-state index contributed by atoms with van der Waals surface area (Å²) in [4.78, 5) is 14.6. The van der Waals surface area contributed by atoms with Gasteiger partial charge in [0.25, 0.3) is 10.0 Å². The van der Waals surface area contributed by atoms with Gasteiger partial charge in [-0.05, 0) is 34.1 Å². The van der Waals surface area contributed by atoms with Gasteiger partial charge in [0, 0.05) is 11.6 Å². The summed E-state index contributed by atoms with van der Waals surface area (Å²) in [5.74, 6) is -1.17. The van der Waals surface area contributed by atoms with Gasteiger partial charge in [-0.15, -0.1) is 11.3 Å². The Kier molecular flexibility index (Phi) is 3.88. The van der Waals surface area contributed by atoms with Crippen LogP contribution in [0.2, 0.25) is 0 Å². The van der Waals surface area contributed by atoms with E-state index < -0.39 is 16.0 Å². The summed E-state index contributed by atoms with van der Waals surface area (Å²) in [6.45, 7) is 0. The number of sulfonamides is 1. The van der Waals surface area contributed by atoms with Crippen molar-refractivity contribution >= 4 is 48.9 Å². The molecule has 2 N–H and O–H groups in total. The van der Waals surface area contributed by atoms with E-state index in [0.29, 0.717) is 4.60 Å². The molecular weight excluding hydrogens is 356 g/mol. The Hall–Kier alpha value is -1.45. The molecule has 0 radical (unpaired) electrons. The molecule has 0 aliphatic rings. The van der Waals surface area contributed by atoms with Gasteiger partial charge in [0.05, 0.1) is 11.3 Å². The van der Waals surface area contributed by atoms with E-state index in [9.17, 15) is 13.2 Å². The van der Waals surface area contributed by atoms with E-state index in [-0.39, 0.29) is 15.5 Å². The van der Waals surface area contributed by atoms with Crippen LogP contribution < -0.4 is 4.72 Å². The second-order valence-electron chi connectivity index (χ2n) is 3.41. The zero-order valence-corrected chi connectivity index (χ0v) is 12.4. The third-order valence-electron chi connectivity index (χ3n) is 2.09. The van der Waals surface area contributed by atoms with Gasteiger partial charge in [-0.1, -0.05) is 0 Å². The Labute approximate surface area is 121 Å². The minimum atomic E-state index is -3.81. The number of pyridine rings is 1. The number of halogens is 1. The summed E-state index contributed by atoms with van der Waals surface area (Å²) in [5, 5.41) is 10.0. The number of nitrogens with zero attached hydrogens (tertiary/aromatic N) is 1. The van der Waals surface area contributed by atoms with Crippen LogP contribution in [0.1, 0.15) is 10.4 Å². The van der Waals surface area contributed by atoms with Crippen molar-refractivity contribution < 1.29 is 18.3 Å². The smallest absolute Gasteiger partial charge is 0.336 e. The summed E-state index contributed by atoms with van der Waals surface area (Å²) in [5.41, 5.74) is 0.225. The van der Waals surface area contributed by atoms with Crippen LogP contribution in [0.15, 0.2) is 38.6 Å². The molecule has 2 aromatic heterocycles. The molecule has 100 valence electrons. The lowest BCUT2D eigenvalue weighted by molar-refractivity contribution is 0.0697. The van der Waals surface area contributed by atoms with Gasteiger partial charge in [-0.25, -0.2) is 18.2 Å². The van der Waals surface area contributed by atoms with Crippen LogP contribution in [0.4, 0.5) is 5.69 Å². The fraction of sp³-hybridized carbons (Fsp3) is 0. The largest absolute Gasteiger partial charge is 0.478 e. The molecule has 0 unspecified atom stereocenters. The van der Waals surface area contributed by atoms with Crippen molar-refractivity contribution in [3.8, 4) is 0 Å². The van der Waals surface area contributed by atoms with E-state index in [0.717, 1.165) is 17.4 Å². The Morgan fingerprint density at radius 3 is 2.79 bits per heavy atom. The van der Waals surface area contributed by atoms with E-state index in [1.807, 2.05) is 0 Å². The molecule has 2 rings (SSSR count). The zero-order valence-electron chi connectivity index (χ0n) is 9.20. The number of hydrogen-bond donors (Lipinski definition) is 2. The van der Waals surface area contributed by atoms with E-state index in [1.165, 1.54) is 11.6 Å². The summed E-state index contributed by atoms with van der Waals surface area (Å²) < 4.78 is 26.7. The minimum absolute atomic E-state index is 0.0596. The fourth-order valence-electron chi connectivity index (χ4n) is 1.23. The summed E-state index contributed by atoms with van der Waals surface area (Å²) in [6, 6.07) is 4.24. The van der Waals surface area contributed by atoms with Crippen molar-refractivity contribution in [2.24, 2.45) is 0 Å². The highest BCUT2D eigenvalue weighted by Crippen LogP contribution is 2.26. The number of anilines is 1. The predicted octanol–water partition coefficient (Wildman–Crippen LogP) is 2.40. The molecule has 0 bridgehead atoms. The Bertz CT molecular complexity index is 727. The quantitative estimate of drug-likeness (QED) is 0.814. The van der Waals surface area contributed by atoms with Crippen LogP contribution in [-0.4, -0.2) is 24.5 Å². The number of hydrogen-bond acceptors (Lipinski definition) is 5. The average Bonchev–Trinajstić information content (AvgIpc) is 2.82. The highest BCUT2D eigenvalue weighted by atomic mass is 79.9. The van der Waals surface area contributed by atoms with Crippen LogP contribution in [0.5, 0.6) is 0 Å². The van der Waals surface area contributed by atoms with E-state index >= 15 is 0 Å². The molecule has 0 saturated heterocycles. The van der Waals surface area contributed by atoms with E-state index in [4.69, 9.17) is 5.11 Å². The number of rotatable bonds is 4. The van der Waals surface area contributed by atoms with Gasteiger partial charge in [0.15, 0.2) is 0 Å². The van der Waals surface area contributed by atoms with Crippen LogP contribution >= 0.6 is 27.3 Å². The van der Waals surface area contributed by atoms with Gasteiger partial charge >= 0.3 is 5.97 Å². The minimum Gasteiger partial charge on any atom is -0.478 e. The molecule has 0 spiro atoms. The molecule has 0 aliphatic heterocycles. The maximum atomic E-state index is 12.0. The van der Waals surface area contributed by atoms with Crippen molar-refractivity contribution in [3.05, 3.63) is 39.9 Å². The molecule has 6 nitrogen and oxygen atoms in total. The second kappa shape index (κ2) is 5.27. The van der Waals surface area contributed by atoms with Gasteiger partial charge in [0.2, 0.25) is 0 Å². The van der Waals surface area contributed by atoms with Crippen LogP contribution in [0.25, 0.3) is 0 Å². The van der Waals surface area contributed by atoms with Crippen molar-refractivity contribution in [1.29, 1.82) is 0 Å². The van der Waals surface area contributed by atoms with E-state index in [1.54, 1.807) is 12.1 Å². The number of aromatic nitrogens is 1. The maximum absolute atomic E-state index is 12.0. The normalized spacial score (nSPS) is 11.2. The third kappa shape index (κ3) is 3.11. The Balaban J connectivity index is 2.32. The molecule has 9 heteroatoms. The SMILES string of the molecule is O=C(O)c1csc(S(=O)(=O)Nc2cccnc2Br)c1. The standard InChI is InChI=1S/C10H7BrN2O4S2/c11-9-7(2-1-3-12-9)13-19(16,17)8-4-6(5-18-8)10(14)15/h1-5,13H,(H,14,15). The molecule has 0 saturated carbocycles. The zero-order chi connectivity index (χ0) is 14.0. The number of aromatic carboxylic acids is 1. The van der Waals surface area contributed by atoms with Crippen molar-refractivity contribution in [2.45, 2.75) is 4.21 Å². The predicted molar refractivity (Wildman–Crippen MR) is 74.0 cm³/mol. The lowest BCUT2D eigenvalue weighted by Gasteiger charge is -2.06. The van der Waals surface area contributed by atoms with Gasteiger partial charge in [-0.2, -0.15) is 0 Å². The highest BCUT2D eigenvalue weighted by molar-refractivity contribution is 9.10. The Morgan fingerprint density at radius 2 is 2.21 bits per heavy atom. The molecule has 2 heterocycles. The lowest BCUT2D eigenvalue weighted by atomic mass is 10.4. The molecule has 0 amide bonds. The second-order valence-corrected chi connectivity index (χ2v) is 6.98. The Morgan fingerprint density at radius 1 is 1.47 bits per heavy atom. The monoisotopic (exact) mass is 362 g/mol. The lowest BCUT2D eigenvalue weighted by Crippen LogP contribution is -2.12. The topological polar surface area (TPSA) is 96.4 Å². The first-order valence-corrected chi connectivity index (χ1v) is 8.01. The van der Waals surface area contributed by atoms with Crippen LogP contribution in [-0.2, 0) is 10.0 Å². The van der Waals surface area contributed by atoms with Gasteiger partial charge in [0.1, 0.15) is 8.81 Å². The number of thiophene rings is 1. The number of carboxylic acid groups (broad SMARTS) is 1. The first kappa shape index (κ1) is 14.0. The molecule has 0 aliphatic carbocycles. The van der Waals surface area contributed by atoms with E-state index in [2.05, 4.69) is 25.6 Å². The fourth-order valence-corrected chi connectivity index (χ4v) is 3.93. The highest BCUT2D eigenvalue weighted by Gasteiger charge is 2.20.